The average Bonchev–Trinajstić information content (AvgIpc) is 3.18. The van der Waals surface area contributed by atoms with Crippen LogP contribution in [0.4, 0.5) is 0 Å². The molecule has 0 aromatic carbocycles. The van der Waals surface area contributed by atoms with Crippen LogP contribution in [0.15, 0.2) is 0 Å². The molecule has 3 amide bonds. The molecule has 5 N–H and O–H groups in total. The fraction of sp³-hybridized carbons (Fsp3) is 0.854. The van der Waals surface area contributed by atoms with Gasteiger partial charge in [0.2, 0.25) is 17.7 Å². The topological polar surface area (TPSA) is 216 Å². The molecule has 0 fully saturated rings. The molecule has 0 saturated heterocycles. The molecule has 0 radical (unpaired) electrons. The zero-order chi connectivity index (χ0) is 42.0. The second-order valence-electron chi connectivity index (χ2n) is 14.3. The smallest absolute Gasteiger partial charge is 0.326 e. The molecular weight excluding hydrogens is 806 g/mol. The average molecular weight is 881 g/mol. The molecule has 0 aliphatic heterocycles. The molecule has 15 nitrogen and oxygen atoms in total. The van der Waals surface area contributed by atoms with E-state index in [1.54, 1.807) is 0 Å². The van der Waals surface area contributed by atoms with Crippen LogP contribution in [0.1, 0.15) is 148 Å². The first-order valence-corrected chi connectivity index (χ1v) is 22.4. The summed E-state index contributed by atoms with van der Waals surface area (Å²) in [6.07, 6.45) is 21.9. The lowest BCUT2D eigenvalue weighted by Gasteiger charge is -2.14. The number of ether oxygens (including phenoxy) is 4. The fourth-order valence-electron chi connectivity index (χ4n) is 5.86. The second kappa shape index (κ2) is 41.5. The number of nitrogens with one attached hydrogen (secondary N) is 3. The van der Waals surface area contributed by atoms with Gasteiger partial charge in [-0.05, 0) is 38.5 Å². The third-order valence-electron chi connectivity index (χ3n) is 9.09. The highest BCUT2D eigenvalue weighted by Gasteiger charge is 2.19. The van der Waals surface area contributed by atoms with Gasteiger partial charge in [0.1, 0.15) is 19.3 Å². The number of carboxylic acid groups (broad SMARTS) is 2. The number of ketones is 1. The molecule has 0 aromatic rings. The minimum atomic E-state index is -1.13. The summed E-state index contributed by atoms with van der Waals surface area (Å²) >= 11 is 3.05. The zero-order valence-electron chi connectivity index (χ0n) is 34.5. The maximum absolute atomic E-state index is 12.0. The van der Waals surface area contributed by atoms with Crippen LogP contribution in [0.5, 0.6) is 0 Å². The van der Waals surface area contributed by atoms with Crippen LogP contribution < -0.4 is 16.0 Å². The predicted octanol–water partition coefficient (Wildman–Crippen LogP) is 5.88. The van der Waals surface area contributed by atoms with Gasteiger partial charge in [-0.1, -0.05) is 106 Å². The van der Waals surface area contributed by atoms with Crippen LogP contribution >= 0.6 is 15.9 Å². The van der Waals surface area contributed by atoms with Gasteiger partial charge in [0.25, 0.3) is 0 Å². The van der Waals surface area contributed by atoms with E-state index >= 15 is 0 Å². The van der Waals surface area contributed by atoms with E-state index in [2.05, 4.69) is 31.9 Å². The minimum Gasteiger partial charge on any atom is -0.481 e. The number of carbonyl (C=O) groups excluding carboxylic acids is 4. The van der Waals surface area contributed by atoms with Gasteiger partial charge in [-0.2, -0.15) is 0 Å². The Balaban J connectivity index is 3.45. The Labute approximate surface area is 349 Å². The first kappa shape index (κ1) is 54.3. The van der Waals surface area contributed by atoms with E-state index in [0.29, 0.717) is 71.4 Å². The molecule has 332 valence electrons. The molecule has 0 spiro atoms. The number of carboxylic acids is 2. The van der Waals surface area contributed by atoms with Crippen LogP contribution in [-0.4, -0.2) is 123 Å². The highest BCUT2D eigenvalue weighted by Crippen LogP contribution is 2.14. The summed E-state index contributed by atoms with van der Waals surface area (Å²) in [4.78, 5) is 69.2. The van der Waals surface area contributed by atoms with Crippen molar-refractivity contribution in [1.29, 1.82) is 0 Å². The summed E-state index contributed by atoms with van der Waals surface area (Å²) in [5, 5.41) is 26.2. The summed E-state index contributed by atoms with van der Waals surface area (Å²) in [6, 6.07) is -1.03. The quantitative estimate of drug-likeness (QED) is 0.0359. The van der Waals surface area contributed by atoms with E-state index in [-0.39, 0.29) is 62.4 Å². The van der Waals surface area contributed by atoms with Crippen molar-refractivity contribution < 1.29 is 57.9 Å². The first-order chi connectivity index (χ1) is 27.6. The number of halogens is 1. The van der Waals surface area contributed by atoms with Gasteiger partial charge in [0.05, 0.1) is 38.4 Å². The molecule has 0 rings (SSSR count). The number of Topliss-reactive ketones (excluding diaryl/α,β-unsaturated/α-hetero) is 1. The number of unbranched alkanes of at least 4 members (excludes halogenated alkanes) is 16. The number of amides is 3. The van der Waals surface area contributed by atoms with Crippen LogP contribution in [0, 0.1) is 0 Å². The Hall–Kier alpha value is -2.66. The third-order valence-corrected chi connectivity index (χ3v) is 9.60. The fourth-order valence-corrected chi connectivity index (χ4v) is 6.06. The highest BCUT2D eigenvalue weighted by molar-refractivity contribution is 9.09. The SMILES string of the molecule is O=C(O)CCCCCCCCCCCCCCCCCCC(=O)NCCOCCOCC(=O)CCCOCCOCC(=O)N[C@@H](CCCCNC(=O)CBr)C(=O)O. The number of carbonyl (C=O) groups is 6. The molecule has 0 aromatic heterocycles. The summed E-state index contributed by atoms with van der Waals surface area (Å²) < 4.78 is 21.5. The molecule has 1 atom stereocenters. The maximum atomic E-state index is 12.0. The van der Waals surface area contributed by atoms with Crippen molar-refractivity contribution in [2.75, 3.05) is 71.3 Å². The van der Waals surface area contributed by atoms with E-state index in [0.717, 1.165) is 32.1 Å². The molecule has 0 saturated carbocycles. The van der Waals surface area contributed by atoms with Gasteiger partial charge in [-0.15, -0.1) is 0 Å². The van der Waals surface area contributed by atoms with Crippen LogP contribution in [0.25, 0.3) is 0 Å². The van der Waals surface area contributed by atoms with Gasteiger partial charge >= 0.3 is 11.9 Å². The van der Waals surface area contributed by atoms with Gasteiger partial charge in [0.15, 0.2) is 5.78 Å². The number of hydrogen-bond donors (Lipinski definition) is 5. The predicted molar refractivity (Wildman–Crippen MR) is 221 cm³/mol. The van der Waals surface area contributed by atoms with Crippen LogP contribution in [-0.2, 0) is 47.7 Å². The maximum Gasteiger partial charge on any atom is 0.326 e. The van der Waals surface area contributed by atoms with E-state index in [9.17, 15) is 33.9 Å². The lowest BCUT2D eigenvalue weighted by atomic mass is 10.0. The third kappa shape index (κ3) is 41.3. The molecule has 16 heteroatoms. The Kier molecular flexibility index (Phi) is 39.6. The number of aliphatic carboxylic acids is 2. The monoisotopic (exact) mass is 879 g/mol. The first-order valence-electron chi connectivity index (χ1n) is 21.3. The van der Waals surface area contributed by atoms with Gasteiger partial charge in [-0.3, -0.25) is 24.0 Å². The van der Waals surface area contributed by atoms with E-state index in [1.165, 1.54) is 70.6 Å². The highest BCUT2D eigenvalue weighted by atomic mass is 79.9. The lowest BCUT2D eigenvalue weighted by molar-refractivity contribution is -0.143. The lowest BCUT2D eigenvalue weighted by Crippen LogP contribution is -2.42. The molecule has 0 bridgehead atoms. The summed E-state index contributed by atoms with van der Waals surface area (Å²) in [7, 11) is 0. The molecular formula is C41H74BrN3O12. The van der Waals surface area contributed by atoms with Crippen molar-refractivity contribution in [2.45, 2.75) is 154 Å². The standard InChI is InChI=1S/C41H74BrN3O12/c42-32-38(48)43-24-18-17-21-36(41(52)53)45-39(49)34-57-31-28-54-26-19-20-35(46)33-56-30-29-55-27-25-44-37(47)22-15-13-11-9-7-5-3-1-2-4-6-8-10-12-14-16-23-40(50)51/h36H,1-34H2,(H,43,48)(H,44,47)(H,45,49)(H,50,51)(H,52,53)/t36-/m0/s1. The molecule has 57 heavy (non-hydrogen) atoms. The molecule has 0 aliphatic carbocycles. The van der Waals surface area contributed by atoms with E-state index in [4.69, 9.17) is 24.1 Å². The minimum absolute atomic E-state index is 0.00877. The Bertz CT molecular complexity index is 1050. The summed E-state index contributed by atoms with van der Waals surface area (Å²) in [5.74, 6) is -2.51. The van der Waals surface area contributed by atoms with Crippen molar-refractivity contribution in [1.82, 2.24) is 16.0 Å². The van der Waals surface area contributed by atoms with Crippen LogP contribution in [0.3, 0.4) is 0 Å². The number of rotatable bonds is 44. The second-order valence-corrected chi connectivity index (χ2v) is 14.9. The van der Waals surface area contributed by atoms with Crippen molar-refractivity contribution in [3.8, 4) is 0 Å². The van der Waals surface area contributed by atoms with Gasteiger partial charge < -0.3 is 45.1 Å². The van der Waals surface area contributed by atoms with Crippen molar-refractivity contribution in [3.05, 3.63) is 0 Å². The molecule has 0 aliphatic rings. The van der Waals surface area contributed by atoms with Crippen molar-refractivity contribution >= 4 is 51.4 Å². The summed E-state index contributed by atoms with van der Waals surface area (Å²) in [5.41, 5.74) is 0. The molecule has 0 unspecified atom stereocenters. The Morgan fingerprint density at radius 3 is 1.49 bits per heavy atom. The molecule has 0 heterocycles. The van der Waals surface area contributed by atoms with Gasteiger partial charge in [0, 0.05) is 39.0 Å². The van der Waals surface area contributed by atoms with Crippen LogP contribution in [0.2, 0.25) is 0 Å². The van der Waals surface area contributed by atoms with Crippen molar-refractivity contribution in [2.24, 2.45) is 0 Å². The normalized spacial score (nSPS) is 11.6. The Morgan fingerprint density at radius 2 is 0.947 bits per heavy atom. The summed E-state index contributed by atoms with van der Waals surface area (Å²) in [6.45, 7) is 2.29. The Morgan fingerprint density at radius 1 is 0.456 bits per heavy atom. The number of hydrogen-bond acceptors (Lipinski definition) is 10. The number of alkyl halides is 1. The van der Waals surface area contributed by atoms with E-state index < -0.39 is 23.9 Å². The largest absolute Gasteiger partial charge is 0.481 e. The van der Waals surface area contributed by atoms with Gasteiger partial charge in [-0.25, -0.2) is 4.79 Å². The zero-order valence-corrected chi connectivity index (χ0v) is 36.1. The van der Waals surface area contributed by atoms with Crippen molar-refractivity contribution in [3.63, 3.8) is 0 Å². The van der Waals surface area contributed by atoms with E-state index in [1.807, 2.05) is 0 Å².